The van der Waals surface area contributed by atoms with Crippen molar-refractivity contribution in [2.45, 2.75) is 20.3 Å². The molecule has 3 heterocycles. The molecule has 0 atom stereocenters. The molecule has 1 N–H and O–H groups in total. The Hall–Kier alpha value is -2.70. The number of carbonyl (C=O) groups excluding carboxylic acids is 1. The highest BCUT2D eigenvalue weighted by molar-refractivity contribution is 5.92. The molecule has 3 aromatic rings. The van der Waals surface area contributed by atoms with E-state index in [0.717, 1.165) is 16.9 Å². The number of amides is 1. The molecule has 0 unspecified atom stereocenters. The number of aryl methyl sites for hydroxylation is 2. The maximum absolute atomic E-state index is 12.0. The fraction of sp³-hybridized carbons (Fsp3) is 0.231. The Bertz CT molecular complexity index is 755. The van der Waals surface area contributed by atoms with Gasteiger partial charge in [0, 0.05) is 11.6 Å². The van der Waals surface area contributed by atoms with E-state index in [2.05, 4.69) is 20.6 Å². The summed E-state index contributed by atoms with van der Waals surface area (Å²) in [7, 11) is 0. The van der Waals surface area contributed by atoms with Crippen LogP contribution in [0.15, 0.2) is 29.2 Å². The number of anilines is 1. The van der Waals surface area contributed by atoms with Crippen LogP contribution in [0.25, 0.3) is 5.65 Å². The van der Waals surface area contributed by atoms with Gasteiger partial charge in [-0.1, -0.05) is 5.16 Å². The molecule has 0 saturated carbocycles. The summed E-state index contributed by atoms with van der Waals surface area (Å²) in [5.74, 6) is 0.519. The molecule has 102 valence electrons. The zero-order valence-electron chi connectivity index (χ0n) is 11.1. The van der Waals surface area contributed by atoms with E-state index >= 15 is 0 Å². The second kappa shape index (κ2) is 4.76. The van der Waals surface area contributed by atoms with Gasteiger partial charge >= 0.3 is 0 Å². The first-order valence-corrected chi connectivity index (χ1v) is 6.14. The van der Waals surface area contributed by atoms with Crippen molar-refractivity contribution in [3.63, 3.8) is 0 Å². The molecule has 0 radical (unpaired) electrons. The Morgan fingerprint density at radius 3 is 3.05 bits per heavy atom. The molecule has 20 heavy (non-hydrogen) atoms. The molecule has 0 bridgehead atoms. The SMILES string of the molecule is Cc1noc(C)c1CC(=O)Nc1cnc2ccnn2c1. The van der Waals surface area contributed by atoms with E-state index in [1.54, 1.807) is 36.1 Å². The molecule has 3 rings (SSSR count). The lowest BCUT2D eigenvalue weighted by Crippen LogP contribution is -2.15. The fourth-order valence-corrected chi connectivity index (χ4v) is 1.99. The van der Waals surface area contributed by atoms with Crippen molar-refractivity contribution in [3.8, 4) is 0 Å². The van der Waals surface area contributed by atoms with Gasteiger partial charge in [-0.3, -0.25) is 4.79 Å². The van der Waals surface area contributed by atoms with Crippen LogP contribution in [0.5, 0.6) is 0 Å². The summed E-state index contributed by atoms with van der Waals surface area (Å²) in [6.07, 6.45) is 5.19. The lowest BCUT2D eigenvalue weighted by molar-refractivity contribution is -0.115. The predicted octanol–water partition coefficient (Wildman–Crippen LogP) is 1.52. The van der Waals surface area contributed by atoms with Crippen LogP contribution in [0.3, 0.4) is 0 Å². The summed E-state index contributed by atoms with van der Waals surface area (Å²) < 4.78 is 6.64. The number of carbonyl (C=O) groups is 1. The van der Waals surface area contributed by atoms with Crippen LogP contribution in [-0.4, -0.2) is 25.7 Å². The van der Waals surface area contributed by atoms with E-state index in [9.17, 15) is 4.79 Å². The van der Waals surface area contributed by atoms with E-state index in [-0.39, 0.29) is 12.3 Å². The maximum atomic E-state index is 12.0. The molecule has 7 heteroatoms. The highest BCUT2D eigenvalue weighted by atomic mass is 16.5. The van der Waals surface area contributed by atoms with Crippen molar-refractivity contribution in [2.24, 2.45) is 0 Å². The number of fused-ring (bicyclic) bond motifs is 1. The molecule has 0 fully saturated rings. The molecule has 0 aliphatic rings. The van der Waals surface area contributed by atoms with Crippen LogP contribution in [0.1, 0.15) is 17.0 Å². The third-order valence-electron chi connectivity index (χ3n) is 3.05. The summed E-state index contributed by atoms with van der Waals surface area (Å²) in [5, 5.41) is 10.7. The lowest BCUT2D eigenvalue weighted by atomic mass is 10.1. The normalized spacial score (nSPS) is 10.9. The van der Waals surface area contributed by atoms with Gasteiger partial charge in [0.05, 0.1) is 36.4 Å². The van der Waals surface area contributed by atoms with E-state index < -0.39 is 0 Å². The highest BCUT2D eigenvalue weighted by Crippen LogP contribution is 2.14. The third kappa shape index (κ3) is 2.25. The van der Waals surface area contributed by atoms with Gasteiger partial charge in [0.25, 0.3) is 0 Å². The van der Waals surface area contributed by atoms with E-state index in [0.29, 0.717) is 11.4 Å². The lowest BCUT2D eigenvalue weighted by Gasteiger charge is -2.05. The monoisotopic (exact) mass is 271 g/mol. The smallest absolute Gasteiger partial charge is 0.229 e. The molecule has 0 aliphatic carbocycles. The Morgan fingerprint density at radius 1 is 1.45 bits per heavy atom. The van der Waals surface area contributed by atoms with Gasteiger partial charge in [-0.15, -0.1) is 0 Å². The second-order valence-corrected chi connectivity index (χ2v) is 4.50. The average Bonchev–Trinajstić information content (AvgIpc) is 3.00. The minimum Gasteiger partial charge on any atom is -0.361 e. The predicted molar refractivity (Wildman–Crippen MR) is 71.3 cm³/mol. The van der Waals surface area contributed by atoms with E-state index in [4.69, 9.17) is 4.52 Å². The first-order valence-electron chi connectivity index (χ1n) is 6.14. The highest BCUT2D eigenvalue weighted by Gasteiger charge is 2.13. The Labute approximate surface area is 114 Å². The minimum atomic E-state index is -0.146. The van der Waals surface area contributed by atoms with Gasteiger partial charge in [0.1, 0.15) is 5.76 Å². The molecular weight excluding hydrogens is 258 g/mol. The maximum Gasteiger partial charge on any atom is 0.229 e. The van der Waals surface area contributed by atoms with Crippen LogP contribution >= 0.6 is 0 Å². The quantitative estimate of drug-likeness (QED) is 0.780. The van der Waals surface area contributed by atoms with Gasteiger partial charge in [0.15, 0.2) is 5.65 Å². The van der Waals surface area contributed by atoms with Crippen molar-refractivity contribution in [3.05, 3.63) is 41.7 Å². The molecule has 7 nitrogen and oxygen atoms in total. The van der Waals surface area contributed by atoms with E-state index in [1.165, 1.54) is 0 Å². The fourth-order valence-electron chi connectivity index (χ4n) is 1.99. The number of rotatable bonds is 3. The van der Waals surface area contributed by atoms with E-state index in [1.807, 2.05) is 6.92 Å². The van der Waals surface area contributed by atoms with Gasteiger partial charge in [-0.25, -0.2) is 9.50 Å². The first kappa shape index (κ1) is 12.3. The average molecular weight is 271 g/mol. The van der Waals surface area contributed by atoms with Crippen molar-refractivity contribution < 1.29 is 9.32 Å². The summed E-state index contributed by atoms with van der Waals surface area (Å²) in [6.45, 7) is 3.61. The summed E-state index contributed by atoms with van der Waals surface area (Å²) in [4.78, 5) is 16.2. The molecule has 3 aromatic heterocycles. The number of hydrogen-bond donors (Lipinski definition) is 1. The zero-order chi connectivity index (χ0) is 14.1. The van der Waals surface area contributed by atoms with Crippen LogP contribution < -0.4 is 5.32 Å². The Kier molecular flexibility index (Phi) is 2.94. The summed E-state index contributed by atoms with van der Waals surface area (Å²) in [6, 6.07) is 1.79. The minimum absolute atomic E-state index is 0.146. The topological polar surface area (TPSA) is 85.3 Å². The van der Waals surface area contributed by atoms with Gasteiger partial charge in [0.2, 0.25) is 5.91 Å². The van der Waals surface area contributed by atoms with Gasteiger partial charge < -0.3 is 9.84 Å². The van der Waals surface area contributed by atoms with Crippen LogP contribution in [0.2, 0.25) is 0 Å². The first-order chi connectivity index (χ1) is 9.63. The van der Waals surface area contributed by atoms with Crippen molar-refractivity contribution in [1.29, 1.82) is 0 Å². The zero-order valence-corrected chi connectivity index (χ0v) is 11.1. The van der Waals surface area contributed by atoms with Crippen LogP contribution in [-0.2, 0) is 11.2 Å². The standard InChI is InChI=1S/C13H13N5O2/c1-8-11(9(2)20-17-8)5-13(19)16-10-6-14-12-3-4-15-18(12)7-10/h3-4,6-7H,5H2,1-2H3,(H,16,19). The van der Waals surface area contributed by atoms with Crippen molar-refractivity contribution in [2.75, 3.05) is 5.32 Å². The second-order valence-electron chi connectivity index (χ2n) is 4.50. The number of nitrogens with one attached hydrogen (secondary N) is 1. The van der Waals surface area contributed by atoms with Crippen LogP contribution in [0.4, 0.5) is 5.69 Å². The molecular formula is C13H13N5O2. The molecule has 1 amide bonds. The molecule has 0 aliphatic heterocycles. The Morgan fingerprint density at radius 2 is 2.30 bits per heavy atom. The number of nitrogens with zero attached hydrogens (tertiary/aromatic N) is 4. The third-order valence-corrected chi connectivity index (χ3v) is 3.05. The van der Waals surface area contributed by atoms with Gasteiger partial charge in [-0.05, 0) is 13.8 Å². The van der Waals surface area contributed by atoms with Crippen molar-refractivity contribution in [1.82, 2.24) is 19.8 Å². The van der Waals surface area contributed by atoms with Crippen molar-refractivity contribution >= 4 is 17.2 Å². The van der Waals surface area contributed by atoms with Crippen LogP contribution in [0, 0.1) is 13.8 Å². The number of aromatic nitrogens is 4. The van der Waals surface area contributed by atoms with Gasteiger partial charge in [-0.2, -0.15) is 5.10 Å². The summed E-state index contributed by atoms with van der Waals surface area (Å²) >= 11 is 0. The molecule has 0 aromatic carbocycles. The molecule has 0 spiro atoms. The summed E-state index contributed by atoms with van der Waals surface area (Å²) in [5.41, 5.74) is 2.88. The molecule has 0 saturated heterocycles. The largest absolute Gasteiger partial charge is 0.361 e. The Balaban J connectivity index is 1.75. The number of hydrogen-bond acceptors (Lipinski definition) is 5.